The molecule has 0 atom stereocenters. The number of hydrogen-bond acceptors (Lipinski definition) is 2. The molecular formula is C9H9IN2O. The minimum atomic E-state index is 0.0737. The molecule has 0 unspecified atom stereocenters. The Balaban J connectivity index is 2.72. The highest BCUT2D eigenvalue weighted by Gasteiger charge is 2.04. The predicted molar refractivity (Wildman–Crippen MR) is 59.7 cm³/mol. The highest BCUT2D eigenvalue weighted by atomic mass is 127. The molecule has 0 fully saturated rings. The molecule has 1 aromatic carbocycles. The number of rotatable bonds is 2. The summed E-state index contributed by atoms with van der Waals surface area (Å²) in [6, 6.07) is 5.88. The smallest absolute Gasteiger partial charge is 0.0931 e. The topological polar surface area (TPSA) is 38.1 Å². The molecule has 2 rings (SSSR count). The highest BCUT2D eigenvalue weighted by molar-refractivity contribution is 14.1. The number of aliphatic hydroxyl groups is 1. The van der Waals surface area contributed by atoms with Gasteiger partial charge in [0.25, 0.3) is 0 Å². The molecule has 1 N–H and O–H groups in total. The Morgan fingerprint density at radius 2 is 2.31 bits per heavy atom. The average Bonchev–Trinajstić information content (AvgIpc) is 2.60. The second-order valence-corrected chi connectivity index (χ2v) is 3.45. The molecule has 0 aliphatic rings. The maximum absolute atomic E-state index is 9.08. The third-order valence-electron chi connectivity index (χ3n) is 2.06. The van der Waals surface area contributed by atoms with E-state index < -0.39 is 0 Å². The number of fused-ring (bicyclic) bond motifs is 1. The van der Waals surface area contributed by atoms with Gasteiger partial charge in [0.05, 0.1) is 22.9 Å². The van der Waals surface area contributed by atoms with Crippen molar-refractivity contribution in [2.45, 2.75) is 11.2 Å². The zero-order valence-corrected chi connectivity index (χ0v) is 9.10. The maximum atomic E-state index is 9.08. The van der Waals surface area contributed by atoms with E-state index in [0.29, 0.717) is 0 Å². The number of alkyl halides is 1. The van der Waals surface area contributed by atoms with Crippen molar-refractivity contribution in [2.75, 3.05) is 0 Å². The first-order valence-electron chi connectivity index (χ1n) is 3.97. The van der Waals surface area contributed by atoms with Gasteiger partial charge in [0, 0.05) is 5.39 Å². The first kappa shape index (κ1) is 8.96. The molecule has 0 saturated carbocycles. The summed E-state index contributed by atoms with van der Waals surface area (Å²) in [5.41, 5.74) is 2.02. The Hall–Kier alpha value is -0.620. The van der Waals surface area contributed by atoms with Gasteiger partial charge >= 0.3 is 0 Å². The van der Waals surface area contributed by atoms with Crippen molar-refractivity contribution >= 4 is 33.5 Å². The van der Waals surface area contributed by atoms with E-state index in [0.717, 1.165) is 21.0 Å². The third-order valence-corrected chi connectivity index (χ3v) is 2.71. The van der Waals surface area contributed by atoms with Crippen molar-refractivity contribution in [2.24, 2.45) is 0 Å². The van der Waals surface area contributed by atoms with Crippen LogP contribution in [0.1, 0.15) is 5.56 Å². The SMILES string of the molecule is OCc1cccc2c1cnn2CI. The molecule has 68 valence electrons. The van der Waals surface area contributed by atoms with Crippen LogP contribution in [0.3, 0.4) is 0 Å². The normalized spacial score (nSPS) is 10.9. The van der Waals surface area contributed by atoms with Crippen LogP contribution in [0.2, 0.25) is 0 Å². The molecule has 0 spiro atoms. The van der Waals surface area contributed by atoms with E-state index in [-0.39, 0.29) is 6.61 Å². The Labute approximate surface area is 89.5 Å². The zero-order valence-electron chi connectivity index (χ0n) is 6.94. The summed E-state index contributed by atoms with van der Waals surface area (Å²) in [6.07, 6.45) is 1.81. The van der Waals surface area contributed by atoms with Gasteiger partial charge < -0.3 is 5.11 Å². The Kier molecular flexibility index (Phi) is 2.50. The van der Waals surface area contributed by atoms with Crippen molar-refractivity contribution in [3.05, 3.63) is 30.0 Å². The highest BCUT2D eigenvalue weighted by Crippen LogP contribution is 2.18. The molecule has 3 nitrogen and oxygen atoms in total. The zero-order chi connectivity index (χ0) is 9.26. The molecule has 2 aromatic rings. The number of halogens is 1. The molecule has 0 saturated heterocycles. The predicted octanol–water partition coefficient (Wildman–Crippen LogP) is 1.92. The van der Waals surface area contributed by atoms with Crippen LogP contribution in [0.4, 0.5) is 0 Å². The van der Waals surface area contributed by atoms with Crippen molar-refractivity contribution in [3.8, 4) is 0 Å². The summed E-state index contributed by atoms with van der Waals surface area (Å²) >= 11 is 2.26. The van der Waals surface area contributed by atoms with E-state index in [9.17, 15) is 0 Å². The summed E-state index contributed by atoms with van der Waals surface area (Å²) in [7, 11) is 0. The molecule has 0 bridgehead atoms. The standard InChI is InChI=1S/C9H9IN2O/c10-6-12-9-3-1-2-7(5-13)8(9)4-11-12/h1-4,13H,5-6H2. The van der Waals surface area contributed by atoms with Crippen LogP contribution in [0, 0.1) is 0 Å². The second kappa shape index (κ2) is 3.63. The number of benzene rings is 1. The molecule has 0 amide bonds. The van der Waals surface area contributed by atoms with Crippen LogP contribution in [0.25, 0.3) is 10.9 Å². The van der Waals surface area contributed by atoms with E-state index in [2.05, 4.69) is 27.7 Å². The van der Waals surface area contributed by atoms with Gasteiger partial charge in [0.15, 0.2) is 0 Å². The Bertz CT molecular complexity index is 424. The summed E-state index contributed by atoms with van der Waals surface area (Å²) in [5.74, 6) is 0. The lowest BCUT2D eigenvalue weighted by Gasteiger charge is -1.99. The van der Waals surface area contributed by atoms with Crippen LogP contribution in [-0.2, 0) is 11.2 Å². The van der Waals surface area contributed by atoms with Crippen molar-refractivity contribution in [3.63, 3.8) is 0 Å². The quantitative estimate of drug-likeness (QED) is 0.677. The van der Waals surface area contributed by atoms with Gasteiger partial charge in [-0.3, -0.25) is 4.68 Å². The van der Waals surface area contributed by atoms with Crippen LogP contribution < -0.4 is 0 Å². The fourth-order valence-electron chi connectivity index (χ4n) is 1.40. The van der Waals surface area contributed by atoms with Crippen LogP contribution >= 0.6 is 22.6 Å². The van der Waals surface area contributed by atoms with Crippen molar-refractivity contribution in [1.29, 1.82) is 0 Å². The lowest BCUT2D eigenvalue weighted by molar-refractivity contribution is 0.283. The van der Waals surface area contributed by atoms with Gasteiger partial charge in [-0.1, -0.05) is 34.7 Å². The van der Waals surface area contributed by atoms with Gasteiger partial charge in [-0.2, -0.15) is 5.10 Å². The molecule has 1 aromatic heterocycles. The fraction of sp³-hybridized carbons (Fsp3) is 0.222. The van der Waals surface area contributed by atoms with E-state index in [1.165, 1.54) is 0 Å². The van der Waals surface area contributed by atoms with E-state index in [1.54, 1.807) is 6.20 Å². The number of aliphatic hydroxyl groups excluding tert-OH is 1. The van der Waals surface area contributed by atoms with Gasteiger partial charge in [-0.15, -0.1) is 0 Å². The maximum Gasteiger partial charge on any atom is 0.0931 e. The van der Waals surface area contributed by atoms with Crippen LogP contribution in [0.15, 0.2) is 24.4 Å². The minimum absolute atomic E-state index is 0.0737. The Morgan fingerprint density at radius 1 is 1.46 bits per heavy atom. The van der Waals surface area contributed by atoms with Crippen molar-refractivity contribution < 1.29 is 5.11 Å². The molecule has 4 heteroatoms. The lowest BCUT2D eigenvalue weighted by Crippen LogP contribution is -1.92. The van der Waals surface area contributed by atoms with Gasteiger partial charge in [0.1, 0.15) is 0 Å². The molecular weight excluding hydrogens is 279 g/mol. The molecule has 13 heavy (non-hydrogen) atoms. The summed E-state index contributed by atoms with van der Waals surface area (Å²) in [4.78, 5) is 0. The van der Waals surface area contributed by atoms with Crippen molar-refractivity contribution in [1.82, 2.24) is 9.78 Å². The summed E-state index contributed by atoms with van der Waals surface area (Å²) in [6.45, 7) is 0.0737. The Morgan fingerprint density at radius 3 is 3.00 bits per heavy atom. The molecule has 0 aliphatic heterocycles. The summed E-state index contributed by atoms with van der Waals surface area (Å²) in [5, 5.41) is 14.3. The van der Waals surface area contributed by atoms with E-state index in [1.807, 2.05) is 22.9 Å². The first-order valence-corrected chi connectivity index (χ1v) is 5.49. The van der Waals surface area contributed by atoms with Gasteiger partial charge in [-0.25, -0.2) is 0 Å². The van der Waals surface area contributed by atoms with E-state index >= 15 is 0 Å². The van der Waals surface area contributed by atoms with Crippen LogP contribution in [-0.4, -0.2) is 14.9 Å². The number of nitrogens with zero attached hydrogens (tertiary/aromatic N) is 2. The van der Waals surface area contributed by atoms with Crippen LogP contribution in [0.5, 0.6) is 0 Å². The van der Waals surface area contributed by atoms with Gasteiger partial charge in [0.2, 0.25) is 0 Å². The molecule has 0 aliphatic carbocycles. The lowest BCUT2D eigenvalue weighted by atomic mass is 10.1. The fourth-order valence-corrected chi connectivity index (χ4v) is 1.94. The molecule has 1 heterocycles. The third kappa shape index (κ3) is 1.44. The minimum Gasteiger partial charge on any atom is -0.392 e. The second-order valence-electron chi connectivity index (χ2n) is 2.77. The largest absolute Gasteiger partial charge is 0.392 e. The monoisotopic (exact) mass is 288 g/mol. The molecule has 0 radical (unpaired) electrons. The first-order chi connectivity index (χ1) is 6.36. The number of hydrogen-bond donors (Lipinski definition) is 1. The number of aromatic nitrogens is 2. The average molecular weight is 288 g/mol. The van der Waals surface area contributed by atoms with Gasteiger partial charge in [-0.05, 0) is 11.6 Å². The summed E-state index contributed by atoms with van der Waals surface area (Å²) < 4.78 is 2.74. The van der Waals surface area contributed by atoms with E-state index in [4.69, 9.17) is 5.11 Å².